The normalized spacial score (nSPS) is 11.0. The summed E-state index contributed by atoms with van der Waals surface area (Å²) in [7, 11) is 0. The predicted octanol–water partition coefficient (Wildman–Crippen LogP) is 2.60. The maximum absolute atomic E-state index is 5.28. The Hall–Kier alpha value is -1.53. The van der Waals surface area contributed by atoms with E-state index in [0.717, 1.165) is 16.7 Å². The SMILES string of the molecule is S=c1[nH]c2cnccc2n1Cc1cscn1. The lowest BCUT2D eigenvalue weighted by Crippen LogP contribution is -1.99. The molecule has 3 rings (SSSR count). The second-order valence-electron chi connectivity index (χ2n) is 3.39. The van der Waals surface area contributed by atoms with Gasteiger partial charge in [-0.05, 0) is 18.3 Å². The molecule has 0 aliphatic rings. The van der Waals surface area contributed by atoms with Gasteiger partial charge in [0, 0.05) is 11.6 Å². The van der Waals surface area contributed by atoms with E-state index in [9.17, 15) is 0 Å². The molecular weight excluding hydrogens is 240 g/mol. The molecule has 1 N–H and O–H groups in total. The van der Waals surface area contributed by atoms with Crippen molar-refractivity contribution in [3.8, 4) is 0 Å². The fraction of sp³-hybridized carbons (Fsp3) is 0.100. The number of imidazole rings is 1. The number of aromatic nitrogens is 4. The van der Waals surface area contributed by atoms with E-state index >= 15 is 0 Å². The molecule has 3 heterocycles. The first kappa shape index (κ1) is 9.68. The van der Waals surface area contributed by atoms with Gasteiger partial charge in [0.05, 0.1) is 35.0 Å². The summed E-state index contributed by atoms with van der Waals surface area (Å²) in [5.41, 5.74) is 4.88. The van der Waals surface area contributed by atoms with Crippen molar-refractivity contribution in [2.45, 2.75) is 6.54 Å². The molecule has 16 heavy (non-hydrogen) atoms. The molecule has 0 aliphatic heterocycles. The lowest BCUT2D eigenvalue weighted by Gasteiger charge is -2.00. The molecule has 6 heteroatoms. The molecule has 0 fully saturated rings. The van der Waals surface area contributed by atoms with Gasteiger partial charge in [-0.2, -0.15) is 0 Å². The third-order valence-electron chi connectivity index (χ3n) is 2.38. The summed E-state index contributed by atoms with van der Waals surface area (Å²) in [5.74, 6) is 0. The van der Waals surface area contributed by atoms with E-state index in [1.54, 1.807) is 23.7 Å². The van der Waals surface area contributed by atoms with Crippen LogP contribution in [0, 0.1) is 4.77 Å². The zero-order chi connectivity index (χ0) is 11.0. The quantitative estimate of drug-likeness (QED) is 0.709. The molecule has 0 aromatic carbocycles. The number of thiazole rings is 1. The number of nitrogens with one attached hydrogen (secondary N) is 1. The van der Waals surface area contributed by atoms with Crippen molar-refractivity contribution in [1.29, 1.82) is 0 Å². The standard InChI is InChI=1S/C10H8N4S2/c15-10-13-8-3-11-2-1-9(8)14(10)4-7-5-16-6-12-7/h1-3,5-6H,4H2,(H,13,15). The van der Waals surface area contributed by atoms with Crippen LogP contribution in [0.15, 0.2) is 29.4 Å². The van der Waals surface area contributed by atoms with Crippen LogP contribution in [0.4, 0.5) is 0 Å². The molecule has 0 unspecified atom stereocenters. The van der Waals surface area contributed by atoms with Crippen LogP contribution in [0.25, 0.3) is 11.0 Å². The summed E-state index contributed by atoms with van der Waals surface area (Å²) in [6.07, 6.45) is 3.55. The smallest absolute Gasteiger partial charge is 0.178 e. The van der Waals surface area contributed by atoms with Crippen LogP contribution in [-0.4, -0.2) is 19.5 Å². The molecular formula is C10H8N4S2. The largest absolute Gasteiger partial charge is 0.329 e. The molecule has 0 atom stereocenters. The van der Waals surface area contributed by atoms with Gasteiger partial charge in [-0.15, -0.1) is 11.3 Å². The molecule has 3 aromatic rings. The van der Waals surface area contributed by atoms with Crippen molar-refractivity contribution < 1.29 is 0 Å². The summed E-state index contributed by atoms with van der Waals surface area (Å²) in [5, 5.41) is 2.03. The number of aromatic amines is 1. The number of rotatable bonds is 2. The summed E-state index contributed by atoms with van der Waals surface area (Å²) in [6, 6.07) is 1.95. The summed E-state index contributed by atoms with van der Waals surface area (Å²) >= 11 is 6.87. The second kappa shape index (κ2) is 3.80. The lowest BCUT2D eigenvalue weighted by atomic mass is 10.4. The molecule has 3 aromatic heterocycles. The van der Waals surface area contributed by atoms with E-state index in [1.165, 1.54) is 0 Å². The molecule has 0 saturated heterocycles. The highest BCUT2D eigenvalue weighted by molar-refractivity contribution is 7.71. The van der Waals surface area contributed by atoms with E-state index in [-0.39, 0.29) is 0 Å². The van der Waals surface area contributed by atoms with Gasteiger partial charge >= 0.3 is 0 Å². The average molecular weight is 248 g/mol. The number of fused-ring (bicyclic) bond motifs is 1. The predicted molar refractivity (Wildman–Crippen MR) is 66.1 cm³/mol. The molecule has 0 bridgehead atoms. The van der Waals surface area contributed by atoms with Gasteiger partial charge in [-0.25, -0.2) is 4.98 Å². The third kappa shape index (κ3) is 1.56. The van der Waals surface area contributed by atoms with Crippen molar-refractivity contribution >= 4 is 34.6 Å². The highest BCUT2D eigenvalue weighted by Gasteiger charge is 2.05. The Morgan fingerprint density at radius 2 is 2.44 bits per heavy atom. The monoisotopic (exact) mass is 248 g/mol. The van der Waals surface area contributed by atoms with Gasteiger partial charge in [0.1, 0.15) is 0 Å². The maximum Gasteiger partial charge on any atom is 0.178 e. The second-order valence-corrected chi connectivity index (χ2v) is 4.49. The molecule has 0 aliphatic carbocycles. The molecule has 0 saturated carbocycles. The molecule has 0 amide bonds. The van der Waals surface area contributed by atoms with Gasteiger partial charge in [0.15, 0.2) is 4.77 Å². The Morgan fingerprint density at radius 1 is 1.50 bits per heavy atom. The number of hydrogen-bond donors (Lipinski definition) is 1. The first-order valence-electron chi connectivity index (χ1n) is 4.74. The summed E-state index contributed by atoms with van der Waals surface area (Å²) < 4.78 is 2.73. The zero-order valence-corrected chi connectivity index (χ0v) is 9.88. The number of H-pyrrole nitrogens is 1. The van der Waals surface area contributed by atoms with Crippen LogP contribution in [0.1, 0.15) is 5.69 Å². The Labute approximate surface area is 101 Å². The van der Waals surface area contributed by atoms with Crippen LogP contribution in [0.2, 0.25) is 0 Å². The fourth-order valence-corrected chi connectivity index (χ4v) is 2.47. The van der Waals surface area contributed by atoms with Crippen LogP contribution in [-0.2, 0) is 6.54 Å². The topological polar surface area (TPSA) is 46.5 Å². The summed E-state index contributed by atoms with van der Waals surface area (Å²) in [4.78, 5) is 11.5. The first-order valence-corrected chi connectivity index (χ1v) is 6.09. The van der Waals surface area contributed by atoms with Gasteiger partial charge in [-0.3, -0.25) is 4.98 Å². The van der Waals surface area contributed by atoms with E-state index in [1.807, 2.05) is 21.5 Å². The molecule has 80 valence electrons. The Balaban J connectivity index is 2.16. The van der Waals surface area contributed by atoms with Crippen LogP contribution >= 0.6 is 23.6 Å². The maximum atomic E-state index is 5.28. The average Bonchev–Trinajstić information content (AvgIpc) is 2.89. The van der Waals surface area contributed by atoms with Crippen molar-refractivity contribution in [1.82, 2.24) is 19.5 Å². The van der Waals surface area contributed by atoms with Gasteiger partial charge in [0.2, 0.25) is 0 Å². The van der Waals surface area contributed by atoms with Crippen LogP contribution < -0.4 is 0 Å². The number of pyridine rings is 1. The third-order valence-corrected chi connectivity index (χ3v) is 3.34. The van der Waals surface area contributed by atoms with E-state index < -0.39 is 0 Å². The van der Waals surface area contributed by atoms with Crippen LogP contribution in [0.3, 0.4) is 0 Å². The van der Waals surface area contributed by atoms with E-state index in [4.69, 9.17) is 12.2 Å². The minimum absolute atomic E-state index is 0.701. The number of nitrogens with zero attached hydrogens (tertiary/aromatic N) is 3. The van der Waals surface area contributed by atoms with Crippen molar-refractivity contribution in [2.75, 3.05) is 0 Å². The van der Waals surface area contributed by atoms with Crippen molar-refractivity contribution in [3.05, 3.63) is 39.8 Å². The van der Waals surface area contributed by atoms with Gasteiger partial charge < -0.3 is 9.55 Å². The number of hydrogen-bond acceptors (Lipinski definition) is 4. The molecule has 0 spiro atoms. The Bertz CT molecular complexity index is 666. The fourth-order valence-electron chi connectivity index (χ4n) is 1.65. The summed E-state index contributed by atoms with van der Waals surface area (Å²) in [6.45, 7) is 0.701. The minimum Gasteiger partial charge on any atom is -0.329 e. The molecule has 0 radical (unpaired) electrons. The van der Waals surface area contributed by atoms with E-state index in [2.05, 4.69) is 15.0 Å². The Kier molecular flexibility index (Phi) is 2.30. The highest BCUT2D eigenvalue weighted by Crippen LogP contribution is 2.14. The highest BCUT2D eigenvalue weighted by atomic mass is 32.1. The van der Waals surface area contributed by atoms with Crippen LogP contribution in [0.5, 0.6) is 0 Å². The van der Waals surface area contributed by atoms with E-state index in [0.29, 0.717) is 11.3 Å². The first-order chi connectivity index (χ1) is 7.84. The minimum atomic E-state index is 0.701. The Morgan fingerprint density at radius 3 is 3.25 bits per heavy atom. The van der Waals surface area contributed by atoms with Crippen molar-refractivity contribution in [3.63, 3.8) is 0 Å². The zero-order valence-electron chi connectivity index (χ0n) is 8.25. The lowest BCUT2D eigenvalue weighted by molar-refractivity contribution is 0.791. The molecule has 4 nitrogen and oxygen atoms in total. The van der Waals surface area contributed by atoms with Gasteiger partial charge in [-0.1, -0.05) is 0 Å². The van der Waals surface area contributed by atoms with Crippen molar-refractivity contribution in [2.24, 2.45) is 0 Å². The van der Waals surface area contributed by atoms with Gasteiger partial charge in [0.25, 0.3) is 0 Å².